The molecule has 0 saturated heterocycles. The van der Waals surface area contributed by atoms with Gasteiger partial charge in [0.2, 0.25) is 0 Å². The molecule has 0 heterocycles. The molecule has 0 radical (unpaired) electrons. The van der Waals surface area contributed by atoms with Gasteiger partial charge in [-0.2, -0.15) is 0 Å². The van der Waals surface area contributed by atoms with E-state index in [2.05, 4.69) is 5.32 Å². The number of hydrogen-bond acceptors (Lipinski definition) is 3. The van der Waals surface area contributed by atoms with Crippen molar-refractivity contribution in [3.63, 3.8) is 0 Å². The van der Waals surface area contributed by atoms with Crippen molar-refractivity contribution in [2.75, 3.05) is 19.7 Å². The molecule has 0 aliphatic rings. The first-order valence-corrected chi connectivity index (χ1v) is 5.06. The molecule has 0 spiro atoms. The maximum atomic E-state index is 12.7. The minimum atomic E-state index is -0.454. The van der Waals surface area contributed by atoms with E-state index in [1.54, 1.807) is 0 Å². The molecule has 0 unspecified atom stereocenters. The monoisotopic (exact) mass is 282 g/mol. The van der Waals surface area contributed by atoms with Crippen LogP contribution in [0.5, 0.6) is 5.75 Å². The number of carbonyl (C=O) groups is 1. The summed E-state index contributed by atoms with van der Waals surface area (Å²) in [6.07, 6.45) is 0. The molecule has 17 heavy (non-hydrogen) atoms. The first-order valence-electron chi connectivity index (χ1n) is 4.68. The van der Waals surface area contributed by atoms with Crippen molar-refractivity contribution in [2.45, 2.75) is 0 Å². The molecular weight excluding hydrogens is 270 g/mol. The Balaban J connectivity index is 0.00000256. The number of amides is 1. The second-order valence-corrected chi connectivity index (χ2v) is 3.41. The largest absolute Gasteiger partial charge is 0.482 e. The Hall–Kier alpha value is -1.04. The van der Waals surface area contributed by atoms with Crippen LogP contribution in [0, 0.1) is 5.82 Å². The van der Waals surface area contributed by atoms with Crippen molar-refractivity contribution < 1.29 is 13.9 Å². The predicted molar refractivity (Wildman–Crippen MR) is 66.2 cm³/mol. The Morgan fingerprint density at radius 1 is 1.53 bits per heavy atom. The minimum absolute atomic E-state index is 0. The third-order valence-electron chi connectivity index (χ3n) is 1.72. The topological polar surface area (TPSA) is 64.3 Å². The van der Waals surface area contributed by atoms with Crippen LogP contribution in [0.1, 0.15) is 0 Å². The lowest BCUT2D eigenvalue weighted by Gasteiger charge is -2.07. The van der Waals surface area contributed by atoms with Crippen molar-refractivity contribution in [1.29, 1.82) is 0 Å². The van der Waals surface area contributed by atoms with E-state index in [0.29, 0.717) is 13.1 Å². The van der Waals surface area contributed by atoms with Gasteiger partial charge in [-0.25, -0.2) is 4.39 Å². The number of nitrogens with one attached hydrogen (secondary N) is 1. The highest BCUT2D eigenvalue weighted by Crippen LogP contribution is 2.24. The Kier molecular flexibility index (Phi) is 7.61. The molecule has 0 saturated carbocycles. The van der Waals surface area contributed by atoms with Gasteiger partial charge in [0, 0.05) is 13.1 Å². The normalized spacial score (nSPS) is 9.35. The van der Waals surface area contributed by atoms with Crippen LogP contribution in [0.15, 0.2) is 18.2 Å². The van der Waals surface area contributed by atoms with E-state index < -0.39 is 5.82 Å². The van der Waals surface area contributed by atoms with Gasteiger partial charge < -0.3 is 15.8 Å². The standard InChI is InChI=1S/C10H12ClFN2O2.ClH/c11-8-5-7(12)1-2-9(8)16-6-10(15)14-4-3-13;/h1-2,5H,3-4,6,13H2,(H,14,15);1H. The van der Waals surface area contributed by atoms with Crippen LogP contribution < -0.4 is 15.8 Å². The van der Waals surface area contributed by atoms with Gasteiger partial charge in [0.1, 0.15) is 11.6 Å². The average Bonchev–Trinajstić information content (AvgIpc) is 2.25. The zero-order valence-corrected chi connectivity index (χ0v) is 10.5. The third-order valence-corrected chi connectivity index (χ3v) is 2.01. The van der Waals surface area contributed by atoms with Crippen molar-refractivity contribution in [3.8, 4) is 5.75 Å². The van der Waals surface area contributed by atoms with Crippen LogP contribution in [0.3, 0.4) is 0 Å². The van der Waals surface area contributed by atoms with Gasteiger partial charge in [0.25, 0.3) is 5.91 Å². The summed E-state index contributed by atoms with van der Waals surface area (Å²) in [6, 6.07) is 3.70. The van der Waals surface area contributed by atoms with Crippen LogP contribution in [0.2, 0.25) is 5.02 Å². The van der Waals surface area contributed by atoms with E-state index in [0.717, 1.165) is 6.07 Å². The Bertz CT molecular complexity index is 377. The van der Waals surface area contributed by atoms with Crippen molar-refractivity contribution in [3.05, 3.63) is 29.0 Å². The lowest BCUT2D eigenvalue weighted by Crippen LogP contribution is -2.32. The molecule has 0 bridgehead atoms. The van der Waals surface area contributed by atoms with Crippen molar-refractivity contribution in [2.24, 2.45) is 5.73 Å². The van der Waals surface area contributed by atoms with E-state index in [-0.39, 0.29) is 35.7 Å². The number of halogens is 3. The first kappa shape index (κ1) is 16.0. The van der Waals surface area contributed by atoms with Crippen LogP contribution in [0.4, 0.5) is 4.39 Å². The fraction of sp³-hybridized carbons (Fsp3) is 0.300. The molecule has 0 aliphatic heterocycles. The molecule has 1 aromatic carbocycles. The quantitative estimate of drug-likeness (QED) is 0.857. The second kappa shape index (κ2) is 8.11. The second-order valence-electron chi connectivity index (χ2n) is 3.00. The molecule has 96 valence electrons. The number of nitrogens with two attached hydrogens (primary N) is 1. The molecule has 0 aromatic heterocycles. The highest BCUT2D eigenvalue weighted by atomic mass is 35.5. The number of ether oxygens (including phenoxy) is 1. The Morgan fingerprint density at radius 3 is 2.82 bits per heavy atom. The molecule has 3 N–H and O–H groups in total. The molecule has 1 amide bonds. The summed E-state index contributed by atoms with van der Waals surface area (Å²) < 4.78 is 17.8. The lowest BCUT2D eigenvalue weighted by molar-refractivity contribution is -0.123. The zero-order valence-electron chi connectivity index (χ0n) is 8.91. The third kappa shape index (κ3) is 5.72. The fourth-order valence-corrected chi connectivity index (χ4v) is 1.22. The van der Waals surface area contributed by atoms with E-state index in [4.69, 9.17) is 22.1 Å². The van der Waals surface area contributed by atoms with Gasteiger partial charge >= 0.3 is 0 Å². The van der Waals surface area contributed by atoms with Gasteiger partial charge in [0.05, 0.1) is 5.02 Å². The summed E-state index contributed by atoms with van der Waals surface area (Å²) in [5.74, 6) is -0.484. The molecule has 7 heteroatoms. The Labute approximate surface area is 110 Å². The highest BCUT2D eigenvalue weighted by molar-refractivity contribution is 6.32. The van der Waals surface area contributed by atoms with E-state index in [1.807, 2.05) is 0 Å². The smallest absolute Gasteiger partial charge is 0.257 e. The Morgan fingerprint density at radius 2 is 2.24 bits per heavy atom. The summed E-state index contributed by atoms with van der Waals surface area (Å²) in [5, 5.41) is 2.66. The van der Waals surface area contributed by atoms with Crippen molar-refractivity contribution >= 4 is 29.9 Å². The molecule has 1 rings (SSSR count). The predicted octanol–water partition coefficient (Wildman–Crippen LogP) is 1.35. The van der Waals surface area contributed by atoms with Gasteiger partial charge in [0.15, 0.2) is 6.61 Å². The van der Waals surface area contributed by atoms with Crippen LogP contribution in [-0.2, 0) is 4.79 Å². The van der Waals surface area contributed by atoms with Gasteiger partial charge in [-0.05, 0) is 18.2 Å². The molecule has 1 aromatic rings. The summed E-state index contributed by atoms with van der Waals surface area (Å²) in [5.41, 5.74) is 5.21. The number of carbonyl (C=O) groups excluding carboxylic acids is 1. The first-order chi connectivity index (χ1) is 7.63. The summed E-state index contributed by atoms with van der Waals surface area (Å²) >= 11 is 5.70. The molecule has 0 atom stereocenters. The van der Waals surface area contributed by atoms with E-state index in [9.17, 15) is 9.18 Å². The lowest BCUT2D eigenvalue weighted by atomic mass is 10.3. The molecular formula is C10H13Cl2FN2O2. The summed E-state index contributed by atoms with van der Waals surface area (Å²) in [6.45, 7) is 0.577. The van der Waals surface area contributed by atoms with Crippen LogP contribution in [0.25, 0.3) is 0 Å². The highest BCUT2D eigenvalue weighted by Gasteiger charge is 2.05. The van der Waals surface area contributed by atoms with Gasteiger partial charge in [-0.15, -0.1) is 12.4 Å². The summed E-state index contributed by atoms with van der Waals surface area (Å²) in [7, 11) is 0. The zero-order chi connectivity index (χ0) is 12.0. The number of benzene rings is 1. The van der Waals surface area contributed by atoms with Gasteiger partial charge in [-0.3, -0.25) is 4.79 Å². The maximum Gasteiger partial charge on any atom is 0.257 e. The average molecular weight is 283 g/mol. The number of rotatable bonds is 5. The summed E-state index contributed by atoms with van der Waals surface area (Å²) in [4.78, 5) is 11.1. The van der Waals surface area contributed by atoms with Crippen molar-refractivity contribution in [1.82, 2.24) is 5.32 Å². The maximum absolute atomic E-state index is 12.7. The molecule has 0 fully saturated rings. The van der Waals surface area contributed by atoms with Crippen LogP contribution >= 0.6 is 24.0 Å². The molecule has 0 aliphatic carbocycles. The van der Waals surface area contributed by atoms with E-state index in [1.165, 1.54) is 12.1 Å². The SMILES string of the molecule is Cl.NCCNC(=O)COc1ccc(F)cc1Cl. The number of hydrogen-bond donors (Lipinski definition) is 2. The molecule has 4 nitrogen and oxygen atoms in total. The van der Waals surface area contributed by atoms with E-state index >= 15 is 0 Å². The fourth-order valence-electron chi connectivity index (χ4n) is 0.998. The van der Waals surface area contributed by atoms with Gasteiger partial charge in [-0.1, -0.05) is 11.6 Å². The van der Waals surface area contributed by atoms with Crippen LogP contribution in [-0.4, -0.2) is 25.6 Å². The minimum Gasteiger partial charge on any atom is -0.482 e.